The average molecular weight is 273 g/mol. The summed E-state index contributed by atoms with van der Waals surface area (Å²) >= 11 is 0. The highest BCUT2D eigenvalue weighted by Gasteiger charge is 2.09. The summed E-state index contributed by atoms with van der Waals surface area (Å²) in [4.78, 5) is 30.4. The summed E-state index contributed by atoms with van der Waals surface area (Å²) in [6.07, 6.45) is 3.03. The summed E-state index contributed by atoms with van der Waals surface area (Å²) in [7, 11) is 1.54. The third-order valence-corrected chi connectivity index (χ3v) is 2.76. The minimum absolute atomic E-state index is 0.0945. The van der Waals surface area contributed by atoms with Gasteiger partial charge in [-0.15, -0.1) is 0 Å². The summed E-state index contributed by atoms with van der Waals surface area (Å²) in [5.41, 5.74) is 1.33. The van der Waals surface area contributed by atoms with Crippen LogP contribution >= 0.6 is 0 Å². The van der Waals surface area contributed by atoms with Crippen molar-refractivity contribution in [1.29, 1.82) is 0 Å². The van der Waals surface area contributed by atoms with Crippen molar-refractivity contribution in [2.75, 3.05) is 7.11 Å². The predicted octanol–water partition coefficient (Wildman–Crippen LogP) is 1.02. The molecule has 0 bridgehead atoms. The fourth-order valence-electron chi connectivity index (χ4n) is 1.66. The Morgan fingerprint density at radius 3 is 2.85 bits per heavy atom. The second kappa shape index (κ2) is 6.01. The van der Waals surface area contributed by atoms with Crippen molar-refractivity contribution < 1.29 is 9.53 Å². The van der Waals surface area contributed by atoms with E-state index in [2.05, 4.69) is 15.3 Å². The van der Waals surface area contributed by atoms with Crippen molar-refractivity contribution >= 4 is 5.91 Å². The highest BCUT2D eigenvalue weighted by molar-refractivity contribution is 5.93. The Balaban J connectivity index is 2.02. The molecule has 2 rings (SSSR count). The minimum atomic E-state index is -0.415. The number of hydrogen-bond donors (Lipinski definition) is 2. The summed E-state index contributed by atoms with van der Waals surface area (Å²) in [6.45, 7) is 2.05. The molecule has 2 N–H and O–H groups in total. The van der Waals surface area contributed by atoms with E-state index in [1.807, 2.05) is 0 Å². The maximum atomic E-state index is 11.9. The quantitative estimate of drug-likeness (QED) is 0.871. The number of H-pyrrole nitrogens is 1. The van der Waals surface area contributed by atoms with Crippen LogP contribution in [0.15, 0.2) is 35.4 Å². The monoisotopic (exact) mass is 273 g/mol. The van der Waals surface area contributed by atoms with Crippen molar-refractivity contribution in [2.45, 2.75) is 13.5 Å². The molecule has 6 nitrogen and oxygen atoms in total. The molecule has 0 aliphatic heterocycles. The first-order valence-electron chi connectivity index (χ1n) is 6.06. The molecule has 0 fully saturated rings. The lowest BCUT2D eigenvalue weighted by Crippen LogP contribution is -2.28. The van der Waals surface area contributed by atoms with Crippen LogP contribution in [-0.4, -0.2) is 23.0 Å². The number of pyridine rings is 2. The largest absolute Gasteiger partial charge is 0.481 e. The van der Waals surface area contributed by atoms with Gasteiger partial charge in [0.25, 0.3) is 5.91 Å². The van der Waals surface area contributed by atoms with E-state index in [0.717, 1.165) is 5.56 Å². The van der Waals surface area contributed by atoms with Gasteiger partial charge in [0.2, 0.25) is 5.88 Å². The van der Waals surface area contributed by atoms with Crippen LogP contribution in [0, 0.1) is 6.92 Å². The SMILES string of the molecule is COc1ccc(CNC(=O)c2c[nH]c(C)cc2=O)cn1. The first-order chi connectivity index (χ1) is 9.60. The van der Waals surface area contributed by atoms with Crippen LogP contribution in [0.4, 0.5) is 0 Å². The van der Waals surface area contributed by atoms with Gasteiger partial charge >= 0.3 is 0 Å². The van der Waals surface area contributed by atoms with Crippen molar-refractivity contribution in [3.8, 4) is 5.88 Å². The molecule has 0 spiro atoms. The van der Waals surface area contributed by atoms with Gasteiger partial charge in [-0.2, -0.15) is 0 Å². The first kappa shape index (κ1) is 13.8. The number of methoxy groups -OCH3 is 1. The zero-order valence-electron chi connectivity index (χ0n) is 11.3. The van der Waals surface area contributed by atoms with E-state index in [1.165, 1.54) is 19.4 Å². The Morgan fingerprint density at radius 2 is 2.25 bits per heavy atom. The zero-order chi connectivity index (χ0) is 14.5. The fourth-order valence-corrected chi connectivity index (χ4v) is 1.66. The Hall–Kier alpha value is -2.63. The predicted molar refractivity (Wildman–Crippen MR) is 73.8 cm³/mol. The maximum Gasteiger partial charge on any atom is 0.257 e. The molecule has 0 unspecified atom stereocenters. The van der Waals surface area contributed by atoms with Crippen LogP contribution in [0.2, 0.25) is 0 Å². The normalized spacial score (nSPS) is 10.1. The van der Waals surface area contributed by atoms with Gasteiger partial charge in [0, 0.05) is 36.8 Å². The molecule has 2 aromatic heterocycles. The van der Waals surface area contributed by atoms with E-state index >= 15 is 0 Å². The maximum absolute atomic E-state index is 11.9. The third-order valence-electron chi connectivity index (χ3n) is 2.76. The number of aromatic nitrogens is 2. The van der Waals surface area contributed by atoms with Crippen LogP contribution in [0.3, 0.4) is 0 Å². The third kappa shape index (κ3) is 3.23. The number of nitrogens with zero attached hydrogens (tertiary/aromatic N) is 1. The van der Waals surface area contributed by atoms with E-state index in [4.69, 9.17) is 4.74 Å². The molecular formula is C14H15N3O3. The van der Waals surface area contributed by atoms with E-state index in [9.17, 15) is 9.59 Å². The molecule has 2 aromatic rings. The van der Waals surface area contributed by atoms with Crippen molar-refractivity contribution in [1.82, 2.24) is 15.3 Å². The van der Waals surface area contributed by atoms with E-state index in [1.54, 1.807) is 25.3 Å². The van der Waals surface area contributed by atoms with Crippen molar-refractivity contribution in [3.63, 3.8) is 0 Å². The summed E-state index contributed by atoms with van der Waals surface area (Å²) in [5, 5.41) is 2.67. The van der Waals surface area contributed by atoms with Gasteiger partial charge < -0.3 is 15.0 Å². The lowest BCUT2D eigenvalue weighted by Gasteiger charge is -2.05. The number of amides is 1. The summed E-state index contributed by atoms with van der Waals surface area (Å²) in [5.74, 6) is 0.0946. The van der Waals surface area contributed by atoms with Crippen LogP contribution < -0.4 is 15.5 Å². The van der Waals surface area contributed by atoms with Crippen LogP contribution in [0.25, 0.3) is 0 Å². The number of carbonyl (C=O) groups is 1. The molecule has 0 aliphatic rings. The number of rotatable bonds is 4. The molecule has 0 aromatic carbocycles. The standard InChI is InChI=1S/C14H15N3O3/c1-9-5-12(18)11(8-15-9)14(19)17-7-10-3-4-13(20-2)16-6-10/h3-6,8H,7H2,1-2H3,(H,15,18)(H,17,19). The van der Waals surface area contributed by atoms with Gasteiger partial charge in [-0.05, 0) is 12.5 Å². The van der Waals surface area contributed by atoms with Gasteiger partial charge in [0.05, 0.1) is 7.11 Å². The minimum Gasteiger partial charge on any atom is -0.481 e. The summed E-state index contributed by atoms with van der Waals surface area (Å²) in [6, 6.07) is 4.90. The van der Waals surface area contributed by atoms with E-state index < -0.39 is 5.91 Å². The van der Waals surface area contributed by atoms with Crippen LogP contribution in [0.1, 0.15) is 21.6 Å². The molecule has 2 heterocycles. The molecule has 20 heavy (non-hydrogen) atoms. The molecule has 0 radical (unpaired) electrons. The fraction of sp³-hybridized carbons (Fsp3) is 0.214. The van der Waals surface area contributed by atoms with Crippen molar-refractivity contribution in [2.24, 2.45) is 0 Å². The average Bonchev–Trinajstić information content (AvgIpc) is 2.45. The highest BCUT2D eigenvalue weighted by Crippen LogP contribution is 2.06. The lowest BCUT2D eigenvalue weighted by molar-refractivity contribution is 0.0949. The van der Waals surface area contributed by atoms with Crippen LogP contribution in [0.5, 0.6) is 5.88 Å². The Labute approximate surface area is 115 Å². The molecule has 6 heteroatoms. The highest BCUT2D eigenvalue weighted by atomic mass is 16.5. The van der Waals surface area contributed by atoms with Gasteiger partial charge in [0.1, 0.15) is 5.56 Å². The Bertz CT molecular complexity index is 662. The Kier molecular flexibility index (Phi) is 4.14. The smallest absolute Gasteiger partial charge is 0.257 e. The van der Waals surface area contributed by atoms with Gasteiger partial charge in [-0.3, -0.25) is 9.59 Å². The number of aryl methyl sites for hydroxylation is 1. The number of ether oxygens (including phenoxy) is 1. The second-order valence-electron chi connectivity index (χ2n) is 4.29. The number of aromatic amines is 1. The lowest BCUT2D eigenvalue weighted by atomic mass is 10.2. The molecule has 0 saturated heterocycles. The van der Waals surface area contributed by atoms with Gasteiger partial charge in [-0.25, -0.2) is 4.98 Å². The van der Waals surface area contributed by atoms with Crippen LogP contribution in [-0.2, 0) is 6.54 Å². The molecule has 1 amide bonds. The van der Waals surface area contributed by atoms with E-state index in [-0.39, 0.29) is 11.0 Å². The summed E-state index contributed by atoms with van der Waals surface area (Å²) < 4.78 is 4.95. The zero-order valence-corrected chi connectivity index (χ0v) is 11.3. The van der Waals surface area contributed by atoms with Gasteiger partial charge in [0.15, 0.2) is 5.43 Å². The molecule has 0 aliphatic carbocycles. The molecule has 0 atom stereocenters. The second-order valence-corrected chi connectivity index (χ2v) is 4.29. The Morgan fingerprint density at radius 1 is 1.45 bits per heavy atom. The molecular weight excluding hydrogens is 258 g/mol. The number of hydrogen-bond acceptors (Lipinski definition) is 4. The van der Waals surface area contributed by atoms with E-state index in [0.29, 0.717) is 18.1 Å². The molecule has 104 valence electrons. The number of carbonyl (C=O) groups excluding carboxylic acids is 1. The topological polar surface area (TPSA) is 84.1 Å². The van der Waals surface area contributed by atoms with Gasteiger partial charge in [-0.1, -0.05) is 6.07 Å². The first-order valence-corrected chi connectivity index (χ1v) is 6.06. The van der Waals surface area contributed by atoms with Crippen molar-refractivity contribution in [3.05, 3.63) is 57.6 Å². The number of nitrogens with one attached hydrogen (secondary N) is 2. The molecule has 0 saturated carbocycles.